The summed E-state index contributed by atoms with van der Waals surface area (Å²) in [5.41, 5.74) is -0.319. The van der Waals surface area contributed by atoms with Crippen LogP contribution in [0, 0.1) is 0 Å². The molecule has 0 fully saturated rings. The van der Waals surface area contributed by atoms with Gasteiger partial charge in [0.05, 0.1) is 12.7 Å². The molecule has 1 aromatic rings. The summed E-state index contributed by atoms with van der Waals surface area (Å²) in [5.74, 6) is -1.71. The Bertz CT molecular complexity index is 306. The lowest BCUT2D eigenvalue weighted by Crippen LogP contribution is -2.05. The standard InChI is InChI=1S/C8H8O4/c1-12-6-4-2-3-5(9)7(6)8(10)11/h2-4,9H,1H3,(H,10,11)/p-1. The highest BCUT2D eigenvalue weighted by Gasteiger charge is 2.09. The van der Waals surface area contributed by atoms with Crippen LogP contribution in [0.25, 0.3) is 0 Å². The Morgan fingerprint density at radius 2 is 2.25 bits per heavy atom. The van der Waals surface area contributed by atoms with Gasteiger partial charge in [0.15, 0.2) is 0 Å². The molecule has 4 heteroatoms. The van der Waals surface area contributed by atoms with Gasteiger partial charge in [0.1, 0.15) is 5.75 Å². The Balaban J connectivity index is 3.29. The molecule has 0 amide bonds. The summed E-state index contributed by atoms with van der Waals surface area (Å²) in [6, 6.07) is 4.07. The van der Waals surface area contributed by atoms with Gasteiger partial charge >= 0.3 is 5.97 Å². The van der Waals surface area contributed by atoms with Crippen molar-refractivity contribution < 1.29 is 19.7 Å². The molecule has 0 aliphatic heterocycles. The first-order valence-corrected chi connectivity index (χ1v) is 3.24. The number of hydrogen-bond acceptors (Lipinski definition) is 3. The van der Waals surface area contributed by atoms with E-state index < -0.39 is 11.7 Å². The second-order valence-electron chi connectivity index (χ2n) is 2.14. The van der Waals surface area contributed by atoms with Crippen molar-refractivity contribution in [2.24, 2.45) is 0 Å². The van der Waals surface area contributed by atoms with Gasteiger partial charge in [-0.3, -0.25) is 0 Å². The summed E-state index contributed by atoms with van der Waals surface area (Å²) in [6.07, 6.45) is 0. The summed E-state index contributed by atoms with van der Waals surface area (Å²) in [4.78, 5) is 10.5. The molecule has 0 heterocycles. The second kappa shape index (κ2) is 3.13. The van der Waals surface area contributed by atoms with Crippen LogP contribution in [0.15, 0.2) is 18.2 Å². The first kappa shape index (κ1) is 8.39. The minimum absolute atomic E-state index is 0.0926. The van der Waals surface area contributed by atoms with E-state index in [9.17, 15) is 9.90 Å². The topological polar surface area (TPSA) is 69.6 Å². The average molecular weight is 167 g/mol. The monoisotopic (exact) mass is 167 g/mol. The number of rotatable bonds is 2. The van der Waals surface area contributed by atoms with Crippen LogP contribution in [0.2, 0.25) is 0 Å². The molecule has 4 nitrogen and oxygen atoms in total. The maximum atomic E-state index is 11.0. The highest BCUT2D eigenvalue weighted by molar-refractivity contribution is 5.93. The fourth-order valence-corrected chi connectivity index (χ4v) is 0.892. The van der Waals surface area contributed by atoms with E-state index >= 15 is 0 Å². The van der Waals surface area contributed by atoms with E-state index in [1.165, 1.54) is 25.3 Å². The molecule has 1 aromatic carbocycles. The quantitative estimate of drug-likeness (QED) is 0.694. The number of carboxylic acid groups (broad SMARTS) is 1. The highest BCUT2D eigenvalue weighted by atomic mass is 16.5. The number of aromatic carboxylic acids is 1. The Labute approximate surface area is 69.0 Å². The third-order valence-electron chi connectivity index (χ3n) is 1.42. The van der Waals surface area contributed by atoms with E-state index in [2.05, 4.69) is 0 Å². The van der Waals surface area contributed by atoms with Crippen molar-refractivity contribution in [3.63, 3.8) is 0 Å². The minimum Gasteiger partial charge on any atom is -0.872 e. The molecule has 0 aliphatic carbocycles. The molecule has 0 aromatic heterocycles. The lowest BCUT2D eigenvalue weighted by Gasteiger charge is -2.12. The van der Waals surface area contributed by atoms with Crippen LogP contribution < -0.4 is 9.84 Å². The fourth-order valence-electron chi connectivity index (χ4n) is 0.892. The van der Waals surface area contributed by atoms with Crippen molar-refractivity contribution in [1.82, 2.24) is 0 Å². The van der Waals surface area contributed by atoms with Gasteiger partial charge in [0.2, 0.25) is 0 Å². The van der Waals surface area contributed by atoms with Crippen LogP contribution in [0.3, 0.4) is 0 Å². The third-order valence-corrected chi connectivity index (χ3v) is 1.42. The first-order valence-electron chi connectivity index (χ1n) is 3.24. The molecule has 12 heavy (non-hydrogen) atoms. The molecule has 0 spiro atoms. The van der Waals surface area contributed by atoms with Gasteiger partial charge in [-0.1, -0.05) is 17.9 Å². The van der Waals surface area contributed by atoms with Crippen LogP contribution in [0.5, 0.6) is 11.5 Å². The summed E-state index contributed by atoms with van der Waals surface area (Å²) >= 11 is 0. The minimum atomic E-state index is -1.27. The van der Waals surface area contributed by atoms with E-state index in [-0.39, 0.29) is 11.3 Å². The number of benzene rings is 1. The van der Waals surface area contributed by atoms with E-state index in [4.69, 9.17) is 9.84 Å². The van der Waals surface area contributed by atoms with Gasteiger partial charge in [-0.2, -0.15) is 0 Å². The van der Waals surface area contributed by atoms with Crippen LogP contribution in [0.1, 0.15) is 10.4 Å². The molecule has 0 aliphatic rings. The Morgan fingerprint density at radius 1 is 1.58 bits per heavy atom. The Hall–Kier alpha value is -1.71. The zero-order valence-electron chi connectivity index (χ0n) is 6.40. The van der Waals surface area contributed by atoms with Crippen LogP contribution in [0.4, 0.5) is 0 Å². The van der Waals surface area contributed by atoms with E-state index in [0.29, 0.717) is 0 Å². The number of methoxy groups -OCH3 is 1. The van der Waals surface area contributed by atoms with Gasteiger partial charge < -0.3 is 14.9 Å². The molecule has 0 saturated carbocycles. The molecular formula is C8H7O4-. The van der Waals surface area contributed by atoms with E-state index in [0.717, 1.165) is 0 Å². The normalized spacial score (nSPS) is 9.42. The molecule has 0 unspecified atom stereocenters. The molecule has 0 atom stereocenters. The van der Waals surface area contributed by atoms with Crippen LogP contribution in [-0.2, 0) is 0 Å². The zero-order chi connectivity index (χ0) is 9.14. The molecule has 0 bridgehead atoms. The van der Waals surface area contributed by atoms with Crippen molar-refractivity contribution in [3.8, 4) is 11.5 Å². The summed E-state index contributed by atoms with van der Waals surface area (Å²) in [5, 5.41) is 19.6. The third kappa shape index (κ3) is 1.32. The van der Waals surface area contributed by atoms with Crippen LogP contribution in [-0.4, -0.2) is 18.2 Å². The van der Waals surface area contributed by atoms with Crippen molar-refractivity contribution in [2.75, 3.05) is 7.11 Å². The number of ether oxygens (including phenoxy) is 1. The first-order chi connectivity index (χ1) is 5.66. The summed E-state index contributed by atoms with van der Waals surface area (Å²) < 4.78 is 4.71. The molecule has 1 rings (SSSR count). The molecule has 1 N–H and O–H groups in total. The molecule has 0 radical (unpaired) electrons. The van der Waals surface area contributed by atoms with Crippen molar-refractivity contribution in [3.05, 3.63) is 23.8 Å². The smallest absolute Gasteiger partial charge is 0.338 e. The van der Waals surface area contributed by atoms with Crippen LogP contribution >= 0.6 is 0 Å². The van der Waals surface area contributed by atoms with Gasteiger partial charge in [-0.15, -0.1) is 0 Å². The van der Waals surface area contributed by atoms with Gasteiger partial charge in [-0.25, -0.2) is 4.79 Å². The Morgan fingerprint density at radius 3 is 2.67 bits per heavy atom. The molecule has 64 valence electrons. The van der Waals surface area contributed by atoms with Crippen molar-refractivity contribution in [1.29, 1.82) is 0 Å². The fraction of sp³-hybridized carbons (Fsp3) is 0.125. The van der Waals surface area contributed by atoms with Gasteiger partial charge in [-0.05, 0) is 6.07 Å². The largest absolute Gasteiger partial charge is 0.872 e. The number of carbonyl (C=O) groups is 1. The molecular weight excluding hydrogens is 160 g/mol. The average Bonchev–Trinajstić information content (AvgIpc) is 2.03. The second-order valence-corrected chi connectivity index (χ2v) is 2.14. The van der Waals surface area contributed by atoms with E-state index in [1.807, 2.05) is 0 Å². The maximum absolute atomic E-state index is 11.0. The summed E-state index contributed by atoms with van der Waals surface area (Å²) in [6.45, 7) is 0. The Kier molecular flexibility index (Phi) is 2.19. The zero-order valence-corrected chi connectivity index (χ0v) is 6.40. The predicted molar refractivity (Wildman–Crippen MR) is 39.4 cm³/mol. The maximum Gasteiger partial charge on any atom is 0.338 e. The molecule has 0 saturated heterocycles. The lowest BCUT2D eigenvalue weighted by molar-refractivity contribution is -0.268. The van der Waals surface area contributed by atoms with Crippen molar-refractivity contribution in [2.45, 2.75) is 0 Å². The number of carboxylic acids is 1. The SMILES string of the molecule is COc1cccc([O-])c1C(=O)O. The van der Waals surface area contributed by atoms with E-state index in [1.54, 1.807) is 0 Å². The van der Waals surface area contributed by atoms with Gasteiger partial charge in [0, 0.05) is 0 Å². The highest BCUT2D eigenvalue weighted by Crippen LogP contribution is 2.24. The number of hydrogen-bond donors (Lipinski definition) is 1. The lowest BCUT2D eigenvalue weighted by atomic mass is 10.2. The van der Waals surface area contributed by atoms with Crippen molar-refractivity contribution >= 4 is 5.97 Å². The predicted octanol–water partition coefficient (Wildman–Crippen LogP) is 0.467. The van der Waals surface area contributed by atoms with Gasteiger partial charge in [0.25, 0.3) is 0 Å². The summed E-state index contributed by atoms with van der Waals surface area (Å²) in [7, 11) is 1.32.